The molecule has 1 aromatic heterocycles. The van der Waals surface area contributed by atoms with Crippen LogP contribution in [0.1, 0.15) is 11.3 Å². The molecular formula is C19H16F3N3O2S. The number of carbonyl (C=O) groups excluding carboxylic acids is 1. The van der Waals surface area contributed by atoms with E-state index in [1.807, 2.05) is 0 Å². The number of aromatic nitrogens is 1. The number of amides is 2. The van der Waals surface area contributed by atoms with Crippen molar-refractivity contribution < 1.29 is 23.1 Å². The van der Waals surface area contributed by atoms with E-state index >= 15 is 0 Å². The van der Waals surface area contributed by atoms with Gasteiger partial charge in [0.2, 0.25) is 0 Å². The van der Waals surface area contributed by atoms with E-state index in [9.17, 15) is 23.1 Å². The van der Waals surface area contributed by atoms with Gasteiger partial charge in [0.15, 0.2) is 16.4 Å². The van der Waals surface area contributed by atoms with Crippen molar-refractivity contribution in [2.45, 2.75) is 19.2 Å². The van der Waals surface area contributed by atoms with Gasteiger partial charge in [0.05, 0.1) is 18.0 Å². The summed E-state index contributed by atoms with van der Waals surface area (Å²) in [6.07, 6.45) is 0.874. The van der Waals surface area contributed by atoms with Crippen molar-refractivity contribution in [3.05, 3.63) is 57.8 Å². The third kappa shape index (κ3) is 3.43. The normalized spacial score (nSPS) is 17.6. The lowest BCUT2D eigenvalue weighted by Crippen LogP contribution is -2.28. The number of carbonyl (C=O) groups is 1. The van der Waals surface area contributed by atoms with E-state index in [-0.39, 0.29) is 18.5 Å². The van der Waals surface area contributed by atoms with Crippen LogP contribution in [0.15, 0.2) is 41.5 Å². The van der Waals surface area contributed by atoms with Crippen molar-refractivity contribution >= 4 is 28.1 Å². The molecule has 28 heavy (non-hydrogen) atoms. The van der Waals surface area contributed by atoms with E-state index in [4.69, 9.17) is 0 Å². The average Bonchev–Trinajstić information content (AvgIpc) is 3.30. The maximum absolute atomic E-state index is 13.9. The minimum Gasteiger partial charge on any atom is -0.391 e. The Kier molecular flexibility index (Phi) is 4.94. The molecule has 2 heterocycles. The third-order valence-corrected chi connectivity index (χ3v) is 5.59. The first-order valence-electron chi connectivity index (χ1n) is 8.64. The molecule has 1 aliphatic rings. The topological polar surface area (TPSA) is 57.8 Å². The lowest BCUT2D eigenvalue weighted by molar-refractivity contribution is 0.213. The van der Waals surface area contributed by atoms with Crippen LogP contribution in [-0.2, 0) is 6.61 Å². The lowest BCUT2D eigenvalue weighted by Gasteiger charge is -2.11. The van der Waals surface area contributed by atoms with Gasteiger partial charge >= 0.3 is 6.03 Å². The van der Waals surface area contributed by atoms with Crippen LogP contribution >= 0.6 is 11.3 Å². The first kappa shape index (κ1) is 18.7. The van der Waals surface area contributed by atoms with Crippen LogP contribution < -0.4 is 4.80 Å². The molecule has 1 fully saturated rings. The van der Waals surface area contributed by atoms with Crippen LogP contribution in [-0.4, -0.2) is 39.9 Å². The molecule has 3 aromatic rings. The van der Waals surface area contributed by atoms with Crippen molar-refractivity contribution in [3.8, 4) is 5.69 Å². The molecule has 0 aliphatic carbocycles. The molecule has 0 radical (unpaired) electrons. The molecule has 1 N–H and O–H groups in total. The van der Waals surface area contributed by atoms with Crippen LogP contribution in [0.4, 0.5) is 18.0 Å². The molecule has 4 rings (SSSR count). The van der Waals surface area contributed by atoms with Crippen molar-refractivity contribution in [2.75, 3.05) is 13.1 Å². The van der Waals surface area contributed by atoms with Crippen LogP contribution in [0.25, 0.3) is 16.5 Å². The van der Waals surface area contributed by atoms with E-state index in [2.05, 4.69) is 4.99 Å². The molecular weight excluding hydrogens is 391 g/mol. The summed E-state index contributed by atoms with van der Waals surface area (Å²) < 4.78 is 42.3. The maximum Gasteiger partial charge on any atom is 0.346 e. The van der Waals surface area contributed by atoms with Crippen LogP contribution in [0.3, 0.4) is 0 Å². The minimum absolute atomic E-state index is 0.0153. The predicted octanol–water partition coefficient (Wildman–Crippen LogP) is 3.53. The van der Waals surface area contributed by atoms with Gasteiger partial charge < -0.3 is 10.0 Å². The molecule has 0 saturated carbocycles. The molecule has 2 aromatic carbocycles. The fourth-order valence-electron chi connectivity index (χ4n) is 3.17. The van der Waals surface area contributed by atoms with Gasteiger partial charge in [0.1, 0.15) is 6.17 Å². The van der Waals surface area contributed by atoms with Crippen molar-refractivity contribution in [2.24, 2.45) is 4.99 Å². The highest BCUT2D eigenvalue weighted by molar-refractivity contribution is 7.09. The Hall–Kier alpha value is -2.65. The lowest BCUT2D eigenvalue weighted by atomic mass is 10.1. The van der Waals surface area contributed by atoms with Crippen LogP contribution in [0, 0.1) is 11.6 Å². The average molecular weight is 407 g/mol. The van der Waals surface area contributed by atoms with E-state index in [1.54, 1.807) is 22.9 Å². The number of nitrogens with zero attached hydrogens (tertiary/aromatic N) is 3. The predicted molar refractivity (Wildman–Crippen MR) is 99.0 cm³/mol. The number of likely N-dealkylation sites (tertiary alicyclic amines) is 1. The summed E-state index contributed by atoms with van der Waals surface area (Å²) in [6, 6.07) is 6.64. The molecule has 0 unspecified atom stereocenters. The number of rotatable bonds is 2. The molecule has 5 nitrogen and oxygen atoms in total. The summed E-state index contributed by atoms with van der Waals surface area (Å²) in [5.74, 6) is -1.85. The second kappa shape index (κ2) is 7.40. The van der Waals surface area contributed by atoms with E-state index in [1.165, 1.54) is 17.0 Å². The smallest absolute Gasteiger partial charge is 0.346 e. The highest BCUT2D eigenvalue weighted by Crippen LogP contribution is 2.23. The summed E-state index contributed by atoms with van der Waals surface area (Å²) in [4.78, 5) is 18.7. The highest BCUT2D eigenvalue weighted by Gasteiger charge is 2.25. The second-order valence-electron chi connectivity index (χ2n) is 6.50. The zero-order valence-electron chi connectivity index (χ0n) is 14.6. The quantitative estimate of drug-likeness (QED) is 0.707. The summed E-state index contributed by atoms with van der Waals surface area (Å²) in [5.41, 5.74) is 0.575. The fourth-order valence-corrected chi connectivity index (χ4v) is 4.01. The Morgan fingerprint density at radius 2 is 2.11 bits per heavy atom. The standard InChI is InChI=1S/C19H16F3N3O2S/c20-12-5-6-24(8-12)18(27)23-19-25(9-14(10-26)28-19)13-2-3-15-11(7-13)1-4-16(21)17(15)22/h1-4,7,9,12,26H,5-6,8,10H2/t12-/m1/s1. The van der Waals surface area contributed by atoms with Crippen molar-refractivity contribution in [3.63, 3.8) is 0 Å². The van der Waals surface area contributed by atoms with E-state index in [0.29, 0.717) is 33.7 Å². The Balaban J connectivity index is 1.78. The summed E-state index contributed by atoms with van der Waals surface area (Å²) >= 11 is 1.12. The summed E-state index contributed by atoms with van der Waals surface area (Å²) in [6.45, 7) is 0.0853. The van der Waals surface area contributed by atoms with Crippen LogP contribution in [0.5, 0.6) is 0 Å². The van der Waals surface area contributed by atoms with Gasteiger partial charge in [-0.1, -0.05) is 17.4 Å². The zero-order chi connectivity index (χ0) is 19.8. The largest absolute Gasteiger partial charge is 0.391 e. The third-order valence-electron chi connectivity index (χ3n) is 4.62. The number of alkyl halides is 1. The number of benzene rings is 2. The highest BCUT2D eigenvalue weighted by atomic mass is 32.1. The molecule has 9 heteroatoms. The van der Waals surface area contributed by atoms with Gasteiger partial charge in [-0.2, -0.15) is 4.99 Å². The minimum atomic E-state index is -1.04. The number of urea groups is 1. The number of thiazole rings is 1. The van der Waals surface area contributed by atoms with Gasteiger partial charge in [-0.25, -0.2) is 18.0 Å². The Morgan fingerprint density at radius 3 is 2.82 bits per heavy atom. The number of hydrogen-bond acceptors (Lipinski definition) is 3. The van der Waals surface area contributed by atoms with E-state index < -0.39 is 23.8 Å². The Morgan fingerprint density at radius 1 is 1.29 bits per heavy atom. The van der Waals surface area contributed by atoms with Gasteiger partial charge in [-0.3, -0.25) is 4.57 Å². The molecule has 1 aliphatic heterocycles. The number of hydrogen-bond donors (Lipinski definition) is 1. The maximum atomic E-state index is 13.9. The van der Waals surface area contributed by atoms with Crippen molar-refractivity contribution in [1.82, 2.24) is 9.47 Å². The SMILES string of the molecule is O=C(N=c1sc(CO)cn1-c1ccc2c(F)c(F)ccc2c1)N1CC[C@@H](F)C1. The number of aliphatic hydroxyl groups excluding tert-OH is 1. The number of aliphatic hydroxyl groups is 1. The molecule has 2 amide bonds. The first-order valence-corrected chi connectivity index (χ1v) is 9.46. The van der Waals surface area contributed by atoms with Gasteiger partial charge in [0, 0.05) is 23.8 Å². The number of halogens is 3. The second-order valence-corrected chi connectivity index (χ2v) is 7.59. The number of fused-ring (bicyclic) bond motifs is 1. The van der Waals surface area contributed by atoms with Crippen LogP contribution in [0.2, 0.25) is 0 Å². The van der Waals surface area contributed by atoms with E-state index in [0.717, 1.165) is 17.4 Å². The Labute approximate surface area is 162 Å². The fraction of sp³-hybridized carbons (Fsp3) is 0.263. The summed E-state index contributed by atoms with van der Waals surface area (Å²) in [5, 5.41) is 10.1. The Bertz CT molecular complexity index is 1130. The van der Waals surface area contributed by atoms with Gasteiger partial charge in [-0.05, 0) is 36.1 Å². The molecule has 0 spiro atoms. The van der Waals surface area contributed by atoms with Gasteiger partial charge in [-0.15, -0.1) is 0 Å². The van der Waals surface area contributed by atoms with Crippen molar-refractivity contribution in [1.29, 1.82) is 0 Å². The monoisotopic (exact) mass is 407 g/mol. The molecule has 0 bridgehead atoms. The summed E-state index contributed by atoms with van der Waals surface area (Å²) in [7, 11) is 0. The van der Waals surface area contributed by atoms with Gasteiger partial charge in [0.25, 0.3) is 0 Å². The first-order chi connectivity index (χ1) is 13.5. The zero-order valence-corrected chi connectivity index (χ0v) is 15.4. The molecule has 1 atom stereocenters. The molecule has 1 saturated heterocycles. The molecule has 146 valence electrons.